The van der Waals surface area contributed by atoms with Crippen molar-refractivity contribution < 1.29 is 64.6 Å². The molecular formula is C84H141NO13. The summed E-state index contributed by atoms with van der Waals surface area (Å²) in [5, 5.41) is 87.6. The number of carbonyl (C=O) groups is 1. The lowest BCUT2D eigenvalue weighted by molar-refractivity contribution is -0.359. The van der Waals surface area contributed by atoms with E-state index in [2.05, 4.69) is 153 Å². The van der Waals surface area contributed by atoms with Crippen LogP contribution in [0.4, 0.5) is 0 Å². The number of ether oxygens (including phenoxy) is 4. The van der Waals surface area contributed by atoms with Crippen LogP contribution in [0.5, 0.6) is 0 Å². The van der Waals surface area contributed by atoms with E-state index < -0.39 is 86.8 Å². The average Bonchev–Trinajstić information content (AvgIpc) is 0.793. The molecular weight excluding hydrogens is 1230 g/mol. The molecule has 0 aromatic rings. The number of allylic oxidation sites excluding steroid dienone is 23. The minimum absolute atomic E-state index is 0.258. The molecule has 2 heterocycles. The second-order valence-corrected chi connectivity index (χ2v) is 26.7. The van der Waals surface area contributed by atoms with Gasteiger partial charge in [-0.3, -0.25) is 4.79 Å². The maximum atomic E-state index is 13.4. The second-order valence-electron chi connectivity index (χ2n) is 26.7. The Balaban J connectivity index is 1.65. The summed E-state index contributed by atoms with van der Waals surface area (Å²) in [6, 6.07) is -0.951. The van der Waals surface area contributed by atoms with Crippen molar-refractivity contribution in [3.8, 4) is 0 Å². The van der Waals surface area contributed by atoms with Crippen LogP contribution in [-0.4, -0.2) is 140 Å². The van der Waals surface area contributed by atoms with Gasteiger partial charge in [-0.15, -0.1) is 0 Å². The highest BCUT2D eigenvalue weighted by molar-refractivity contribution is 5.76. The number of hydrogen-bond donors (Lipinski definition) is 9. The van der Waals surface area contributed by atoms with Crippen molar-refractivity contribution in [3.05, 3.63) is 146 Å². The lowest BCUT2D eigenvalue weighted by atomic mass is 9.97. The summed E-state index contributed by atoms with van der Waals surface area (Å²) >= 11 is 0. The summed E-state index contributed by atoms with van der Waals surface area (Å²) in [6.45, 7) is 2.67. The van der Waals surface area contributed by atoms with Crippen LogP contribution in [-0.2, 0) is 23.7 Å². The van der Waals surface area contributed by atoms with Crippen LogP contribution >= 0.6 is 0 Å². The first-order valence-electron chi connectivity index (χ1n) is 39.1. The number of aliphatic hydroxyl groups excluding tert-OH is 8. The second kappa shape index (κ2) is 66.1. The first kappa shape index (κ1) is 90.0. The molecule has 0 radical (unpaired) electrons. The van der Waals surface area contributed by atoms with E-state index in [-0.39, 0.29) is 18.9 Å². The van der Waals surface area contributed by atoms with E-state index in [0.29, 0.717) is 12.8 Å². The van der Waals surface area contributed by atoms with E-state index in [1.165, 1.54) is 141 Å². The fraction of sp³-hybridized carbons (Fsp3) is 0.702. The first-order valence-corrected chi connectivity index (χ1v) is 39.1. The molecule has 14 nitrogen and oxygen atoms in total. The molecule has 9 N–H and O–H groups in total. The molecule has 2 aliphatic rings. The summed E-state index contributed by atoms with van der Waals surface area (Å²) in [4.78, 5) is 13.4. The van der Waals surface area contributed by atoms with Gasteiger partial charge < -0.3 is 65.1 Å². The average molecular weight is 1370 g/mol. The SMILES string of the molecule is CC/C=C\C/C=C\C/C=C\C/C=C\C/C=C\C/C=C\C/C=C\C/C=C\C/C=C\CCCCCCCCCCCCCC(=O)NC(COC1OC(CO)C(OC2OC(CO)C(O)C(O)C2O)C(O)C1O)C(O)/C=C/CC/C=C/CC/C=C/CCCCCCCCCCCCCCCCC. The Labute approximate surface area is 595 Å². The number of nitrogens with one attached hydrogen (secondary N) is 1. The molecule has 2 fully saturated rings. The van der Waals surface area contributed by atoms with Gasteiger partial charge in [-0.25, -0.2) is 0 Å². The molecule has 98 heavy (non-hydrogen) atoms. The number of hydrogen-bond acceptors (Lipinski definition) is 13. The smallest absolute Gasteiger partial charge is 0.220 e. The normalized spacial score (nSPS) is 22.9. The molecule has 14 heteroatoms. The Morgan fingerprint density at radius 3 is 1.12 bits per heavy atom. The molecule has 0 aromatic heterocycles. The molecule has 2 aliphatic heterocycles. The maximum absolute atomic E-state index is 13.4. The van der Waals surface area contributed by atoms with E-state index in [1.54, 1.807) is 6.08 Å². The standard InChI is InChI=1S/C84H141NO13/c1-3-5-7-9-11-13-15-17-19-21-23-25-27-29-30-31-32-33-34-35-36-37-38-39-40-41-42-44-46-48-50-52-54-56-58-60-62-64-66-68-76(89)85-72(71-95-83-81(94)79(92)82(75(70-87)97-83)98-84-80(93)78(91)77(90)74(69-86)96-84)73(88)67-65-63-61-59-57-55-53-51-49-47-45-43-28-26-24-22-20-18-16-14-12-10-8-6-4-2/h5,7,11,13,17,19,23,25,29-30,32-33,35-36,38-39,41-42,49,51,57,59,65,67,72-75,77-84,86-88,90-94H,3-4,6,8-10,12,14-16,18,20-22,24,26-28,31,34,37,40,43-48,50,52-56,58,60-64,66,68-71H2,1-2H3,(H,85,89)/b7-5-,13-11-,19-17-,25-23-,30-29-,33-32-,36-35-,39-38-,42-41-,51-49+,59-57+,67-65+. The highest BCUT2D eigenvalue weighted by Crippen LogP contribution is 2.30. The largest absolute Gasteiger partial charge is 0.394 e. The predicted molar refractivity (Wildman–Crippen MR) is 405 cm³/mol. The van der Waals surface area contributed by atoms with Crippen LogP contribution in [0.25, 0.3) is 0 Å². The Bertz CT molecular complexity index is 2210. The molecule has 12 atom stereocenters. The predicted octanol–water partition coefficient (Wildman–Crippen LogP) is 17.6. The lowest BCUT2D eigenvalue weighted by Gasteiger charge is -2.46. The van der Waals surface area contributed by atoms with Crippen LogP contribution in [0, 0.1) is 0 Å². The molecule has 12 unspecified atom stereocenters. The van der Waals surface area contributed by atoms with E-state index in [9.17, 15) is 45.6 Å². The van der Waals surface area contributed by atoms with Crippen molar-refractivity contribution in [2.75, 3.05) is 19.8 Å². The van der Waals surface area contributed by atoms with Gasteiger partial charge in [0.05, 0.1) is 32.0 Å². The number of amides is 1. The first-order chi connectivity index (χ1) is 48.1. The van der Waals surface area contributed by atoms with Crippen LogP contribution in [0.15, 0.2) is 146 Å². The molecule has 0 saturated carbocycles. The third-order valence-corrected chi connectivity index (χ3v) is 18.0. The van der Waals surface area contributed by atoms with Crippen LogP contribution in [0.3, 0.4) is 0 Å². The molecule has 0 aromatic carbocycles. The molecule has 0 aliphatic carbocycles. The Morgan fingerprint density at radius 1 is 0.378 bits per heavy atom. The van der Waals surface area contributed by atoms with Crippen molar-refractivity contribution in [1.29, 1.82) is 0 Å². The molecule has 0 spiro atoms. The van der Waals surface area contributed by atoms with E-state index in [1.807, 2.05) is 6.08 Å². The lowest BCUT2D eigenvalue weighted by Crippen LogP contribution is -2.65. The topological polar surface area (TPSA) is 228 Å². The highest BCUT2D eigenvalue weighted by atomic mass is 16.7. The van der Waals surface area contributed by atoms with Crippen molar-refractivity contribution in [2.24, 2.45) is 0 Å². The summed E-state index contributed by atoms with van der Waals surface area (Å²) in [7, 11) is 0. The van der Waals surface area contributed by atoms with E-state index in [0.717, 1.165) is 109 Å². The fourth-order valence-electron chi connectivity index (χ4n) is 11.8. The molecule has 560 valence electrons. The van der Waals surface area contributed by atoms with Crippen molar-refractivity contribution in [3.63, 3.8) is 0 Å². The zero-order valence-electron chi connectivity index (χ0n) is 61.2. The molecule has 2 saturated heterocycles. The fourth-order valence-corrected chi connectivity index (χ4v) is 11.8. The van der Waals surface area contributed by atoms with Crippen LogP contribution in [0.2, 0.25) is 0 Å². The van der Waals surface area contributed by atoms with Gasteiger partial charge in [0.2, 0.25) is 5.91 Å². The molecule has 1 amide bonds. The van der Waals surface area contributed by atoms with Crippen LogP contribution in [0.1, 0.15) is 284 Å². The number of rotatable bonds is 63. The van der Waals surface area contributed by atoms with Gasteiger partial charge in [-0.05, 0) is 116 Å². The van der Waals surface area contributed by atoms with Crippen LogP contribution < -0.4 is 5.32 Å². The van der Waals surface area contributed by atoms with Crippen molar-refractivity contribution in [2.45, 2.75) is 357 Å². The minimum Gasteiger partial charge on any atom is -0.394 e. The van der Waals surface area contributed by atoms with Gasteiger partial charge in [0, 0.05) is 6.42 Å². The Kier molecular flexibility index (Phi) is 60.7. The third kappa shape index (κ3) is 48.7. The van der Waals surface area contributed by atoms with E-state index >= 15 is 0 Å². The summed E-state index contributed by atoms with van der Waals surface area (Å²) in [5.74, 6) is -0.260. The summed E-state index contributed by atoms with van der Waals surface area (Å²) in [5.41, 5.74) is 0. The minimum atomic E-state index is -1.80. The van der Waals surface area contributed by atoms with Gasteiger partial charge in [0.1, 0.15) is 48.8 Å². The molecule has 2 rings (SSSR count). The van der Waals surface area contributed by atoms with Gasteiger partial charge >= 0.3 is 0 Å². The third-order valence-electron chi connectivity index (χ3n) is 18.0. The van der Waals surface area contributed by atoms with Gasteiger partial charge in [0.25, 0.3) is 0 Å². The monoisotopic (exact) mass is 1370 g/mol. The highest BCUT2D eigenvalue weighted by Gasteiger charge is 2.51. The Morgan fingerprint density at radius 2 is 0.714 bits per heavy atom. The number of aliphatic hydroxyl groups is 8. The van der Waals surface area contributed by atoms with Gasteiger partial charge in [-0.2, -0.15) is 0 Å². The zero-order valence-corrected chi connectivity index (χ0v) is 61.2. The maximum Gasteiger partial charge on any atom is 0.220 e. The number of unbranched alkanes of at least 4 members (excludes halogenated alkanes) is 28. The van der Waals surface area contributed by atoms with Crippen molar-refractivity contribution in [1.82, 2.24) is 5.32 Å². The summed E-state index contributed by atoms with van der Waals surface area (Å²) in [6.07, 6.45) is 83.4. The summed E-state index contributed by atoms with van der Waals surface area (Å²) < 4.78 is 22.9. The molecule has 0 bridgehead atoms. The van der Waals surface area contributed by atoms with Gasteiger partial charge in [0.15, 0.2) is 12.6 Å². The van der Waals surface area contributed by atoms with E-state index in [4.69, 9.17) is 18.9 Å². The number of carbonyl (C=O) groups excluding carboxylic acids is 1. The Hall–Kier alpha value is -4.13. The zero-order chi connectivity index (χ0) is 70.8. The van der Waals surface area contributed by atoms with Gasteiger partial charge in [-0.1, -0.05) is 307 Å². The quantitative estimate of drug-likeness (QED) is 0.0204. The van der Waals surface area contributed by atoms with Crippen molar-refractivity contribution >= 4 is 5.91 Å².